The van der Waals surface area contributed by atoms with Crippen LogP contribution in [0.25, 0.3) is 22.4 Å². The monoisotopic (exact) mass is 666 g/mol. The molecule has 10 heteroatoms. The predicted molar refractivity (Wildman–Crippen MR) is 185 cm³/mol. The van der Waals surface area contributed by atoms with E-state index in [1.807, 2.05) is 84.8 Å². The van der Waals surface area contributed by atoms with Crippen LogP contribution in [0.5, 0.6) is 11.6 Å². The van der Waals surface area contributed by atoms with Crippen LogP contribution in [-0.4, -0.2) is 44.0 Å². The molecule has 0 fully saturated rings. The lowest BCUT2D eigenvalue weighted by molar-refractivity contribution is -0.675. The van der Waals surface area contributed by atoms with Crippen molar-refractivity contribution in [3.63, 3.8) is 0 Å². The number of aliphatic hydroxyl groups is 2. The van der Waals surface area contributed by atoms with Crippen LogP contribution in [0.4, 0.5) is 10.1 Å². The van der Waals surface area contributed by atoms with Crippen molar-refractivity contribution in [2.75, 3.05) is 5.32 Å². The van der Waals surface area contributed by atoms with Crippen molar-refractivity contribution in [1.82, 2.24) is 4.57 Å². The Morgan fingerprint density at radius 3 is 2.29 bits per heavy atom. The molecule has 0 bridgehead atoms. The standard InChI is InChI=1S/C39H40FN3O6/c1-25(2)37-36(39(48)41-29-12-9-13-32(22-29)49-33-14-7-8-20-42(33)3)35(26-10-5-4-6-11-26)38(27-15-17-28(40)18-16-27)43(37)21-19-30(44)23-31(45)24-34(46)47/h4-18,20,22,25,30-31,44-45H,19,21,23-24H2,1-3H3,(H-,41,46,47,48)/p+1/t30-,31-/m1/s1. The minimum Gasteiger partial charge on any atom is -0.481 e. The molecule has 2 atom stereocenters. The Balaban J connectivity index is 1.61. The van der Waals surface area contributed by atoms with Crippen LogP contribution in [0.1, 0.15) is 55.1 Å². The van der Waals surface area contributed by atoms with Crippen LogP contribution in [0, 0.1) is 5.82 Å². The highest BCUT2D eigenvalue weighted by Crippen LogP contribution is 2.43. The number of rotatable bonds is 14. The van der Waals surface area contributed by atoms with Gasteiger partial charge in [0, 0.05) is 35.6 Å². The summed E-state index contributed by atoms with van der Waals surface area (Å²) in [7, 11) is 1.88. The van der Waals surface area contributed by atoms with Gasteiger partial charge < -0.3 is 29.9 Å². The van der Waals surface area contributed by atoms with Crippen LogP contribution >= 0.6 is 0 Å². The highest BCUT2D eigenvalue weighted by Gasteiger charge is 2.31. The third kappa shape index (κ3) is 8.59. The van der Waals surface area contributed by atoms with Crippen LogP contribution in [0.15, 0.2) is 103 Å². The largest absolute Gasteiger partial charge is 0.481 e. The number of aryl methyl sites for hydroxylation is 1. The van der Waals surface area contributed by atoms with E-state index in [-0.39, 0.29) is 31.2 Å². The molecule has 2 aromatic heterocycles. The maximum absolute atomic E-state index is 14.5. The number of carbonyl (C=O) groups is 2. The van der Waals surface area contributed by atoms with Crippen LogP contribution in [-0.2, 0) is 18.4 Å². The van der Waals surface area contributed by atoms with Crippen molar-refractivity contribution >= 4 is 17.6 Å². The number of ether oxygens (including phenoxy) is 1. The number of aliphatic carboxylic acids is 1. The quantitative estimate of drug-likeness (QED) is 0.0954. The Labute approximate surface area is 284 Å². The first kappa shape index (κ1) is 35.0. The fourth-order valence-electron chi connectivity index (χ4n) is 6.05. The molecule has 0 unspecified atom stereocenters. The van der Waals surface area contributed by atoms with E-state index >= 15 is 0 Å². The maximum Gasteiger partial charge on any atom is 0.373 e. The van der Waals surface area contributed by atoms with Crippen LogP contribution in [0.3, 0.4) is 0 Å². The minimum atomic E-state index is -1.20. The number of hydrogen-bond donors (Lipinski definition) is 4. The minimum absolute atomic E-state index is 0.116. The number of halogens is 1. The summed E-state index contributed by atoms with van der Waals surface area (Å²) in [6, 6.07) is 28.3. The van der Waals surface area contributed by atoms with Gasteiger partial charge in [-0.25, -0.2) is 4.39 Å². The Kier molecular flexibility index (Phi) is 11.2. The summed E-state index contributed by atoms with van der Waals surface area (Å²) in [4.78, 5) is 25.6. The van der Waals surface area contributed by atoms with E-state index in [9.17, 15) is 24.2 Å². The number of carboxylic acid groups (broad SMARTS) is 1. The summed E-state index contributed by atoms with van der Waals surface area (Å²) in [5.41, 5.74) is 4.43. The number of anilines is 1. The smallest absolute Gasteiger partial charge is 0.373 e. The van der Waals surface area contributed by atoms with Gasteiger partial charge in [-0.1, -0.05) is 50.2 Å². The van der Waals surface area contributed by atoms with Gasteiger partial charge in [0.05, 0.1) is 36.0 Å². The number of hydrogen-bond acceptors (Lipinski definition) is 5. The summed E-state index contributed by atoms with van der Waals surface area (Å²) in [5.74, 6) is -0.919. The number of benzene rings is 3. The summed E-state index contributed by atoms with van der Waals surface area (Å²) in [6.07, 6.45) is -0.760. The summed E-state index contributed by atoms with van der Waals surface area (Å²) in [6.45, 7) is 4.20. The first-order valence-corrected chi connectivity index (χ1v) is 16.2. The van der Waals surface area contributed by atoms with Crippen LogP contribution < -0.4 is 14.6 Å². The van der Waals surface area contributed by atoms with Gasteiger partial charge in [0.25, 0.3) is 5.91 Å². The number of aromatic nitrogens is 2. The van der Waals surface area contributed by atoms with Gasteiger partial charge in [-0.05, 0) is 72.4 Å². The molecule has 5 aromatic rings. The second-order valence-corrected chi connectivity index (χ2v) is 12.3. The van der Waals surface area contributed by atoms with E-state index in [1.54, 1.807) is 36.4 Å². The molecule has 0 saturated heterocycles. The number of nitrogens with zero attached hydrogens (tertiary/aromatic N) is 2. The molecule has 4 N–H and O–H groups in total. The van der Waals surface area contributed by atoms with Crippen molar-refractivity contribution in [3.05, 3.63) is 120 Å². The molecule has 0 aliphatic heterocycles. The van der Waals surface area contributed by atoms with Gasteiger partial charge in [-0.15, -0.1) is 0 Å². The average Bonchev–Trinajstić information content (AvgIpc) is 3.41. The van der Waals surface area contributed by atoms with Crippen molar-refractivity contribution in [3.8, 4) is 34.0 Å². The Morgan fingerprint density at radius 2 is 1.61 bits per heavy atom. The fraction of sp³-hybridized carbons (Fsp3) is 0.256. The third-order valence-corrected chi connectivity index (χ3v) is 8.22. The molecule has 49 heavy (non-hydrogen) atoms. The fourth-order valence-corrected chi connectivity index (χ4v) is 6.05. The number of nitrogens with one attached hydrogen (secondary N) is 1. The lowest BCUT2D eigenvalue weighted by Gasteiger charge is -2.20. The van der Waals surface area contributed by atoms with E-state index in [4.69, 9.17) is 9.84 Å². The Hall–Kier alpha value is -5.32. The van der Waals surface area contributed by atoms with Gasteiger partial charge in [0.15, 0.2) is 6.20 Å². The maximum atomic E-state index is 14.5. The molecule has 5 rings (SSSR count). The van der Waals surface area contributed by atoms with Crippen LogP contribution in [0.2, 0.25) is 0 Å². The molecule has 254 valence electrons. The van der Waals surface area contributed by atoms with E-state index in [0.717, 1.165) is 5.56 Å². The lowest BCUT2D eigenvalue weighted by atomic mass is 9.94. The summed E-state index contributed by atoms with van der Waals surface area (Å²) >= 11 is 0. The van der Waals surface area contributed by atoms with Crippen molar-refractivity contribution in [1.29, 1.82) is 0 Å². The topological polar surface area (TPSA) is 125 Å². The van der Waals surface area contributed by atoms with E-state index in [0.29, 0.717) is 45.4 Å². The van der Waals surface area contributed by atoms with E-state index in [2.05, 4.69) is 5.32 Å². The summed E-state index contributed by atoms with van der Waals surface area (Å²) in [5, 5.41) is 33.2. The lowest BCUT2D eigenvalue weighted by Crippen LogP contribution is -2.28. The summed E-state index contributed by atoms with van der Waals surface area (Å²) < 4.78 is 24.1. The Morgan fingerprint density at radius 1 is 0.898 bits per heavy atom. The number of amides is 1. The molecule has 0 spiro atoms. The molecule has 0 aliphatic carbocycles. The number of carboxylic acids is 1. The SMILES string of the molecule is CC(C)c1c(C(=O)Nc2cccc(Oc3cccc[n+]3C)c2)c(-c2ccccc2)c(-c2ccc(F)cc2)n1CC[C@@H](O)C[C@@H](O)CC(=O)O. The molecule has 3 aromatic carbocycles. The molecule has 1 amide bonds. The normalized spacial score (nSPS) is 12.5. The zero-order valence-electron chi connectivity index (χ0n) is 27.7. The molecule has 0 aliphatic rings. The van der Waals surface area contributed by atoms with Crippen molar-refractivity contribution in [2.45, 2.75) is 57.8 Å². The highest BCUT2D eigenvalue weighted by molar-refractivity contribution is 6.12. The van der Waals surface area contributed by atoms with Gasteiger partial charge in [-0.2, -0.15) is 4.57 Å². The second kappa shape index (κ2) is 15.7. The molecular weight excluding hydrogens is 625 g/mol. The van der Waals surface area contributed by atoms with E-state index in [1.165, 1.54) is 12.1 Å². The first-order valence-electron chi connectivity index (χ1n) is 16.2. The molecule has 9 nitrogen and oxygen atoms in total. The molecule has 0 radical (unpaired) electrons. The van der Waals surface area contributed by atoms with Crippen molar-refractivity contribution < 1.29 is 38.6 Å². The predicted octanol–water partition coefficient (Wildman–Crippen LogP) is 6.93. The van der Waals surface area contributed by atoms with Crippen molar-refractivity contribution in [2.24, 2.45) is 7.05 Å². The van der Waals surface area contributed by atoms with Gasteiger partial charge in [0.2, 0.25) is 0 Å². The third-order valence-electron chi connectivity index (χ3n) is 8.22. The van der Waals surface area contributed by atoms with Gasteiger partial charge in [-0.3, -0.25) is 9.59 Å². The number of aliphatic hydroxyl groups excluding tert-OH is 2. The van der Waals surface area contributed by atoms with Gasteiger partial charge >= 0.3 is 11.8 Å². The van der Waals surface area contributed by atoms with E-state index < -0.39 is 30.4 Å². The Bertz CT molecular complexity index is 1910. The molecule has 0 saturated carbocycles. The van der Waals surface area contributed by atoms with Gasteiger partial charge in [0.1, 0.15) is 18.6 Å². The highest BCUT2D eigenvalue weighted by atomic mass is 19.1. The second-order valence-electron chi connectivity index (χ2n) is 12.3. The molecular formula is C39H41FN3O6+. The number of pyridine rings is 1. The molecule has 2 heterocycles. The number of carbonyl (C=O) groups excluding carboxylic acids is 1. The zero-order chi connectivity index (χ0) is 35.1. The average molecular weight is 667 g/mol. The zero-order valence-corrected chi connectivity index (χ0v) is 27.7. The first-order chi connectivity index (χ1) is 23.5.